The van der Waals surface area contributed by atoms with Crippen molar-refractivity contribution in [3.05, 3.63) is 58.5 Å². The van der Waals surface area contributed by atoms with Crippen LogP contribution in [0.4, 0.5) is 0 Å². The minimum Gasteiger partial charge on any atom is -0.452 e. The van der Waals surface area contributed by atoms with Gasteiger partial charge in [-0.05, 0) is 28.8 Å². The number of primary amides is 1. The van der Waals surface area contributed by atoms with Crippen LogP contribution in [0.25, 0.3) is 0 Å². The average molecular weight is 305 g/mol. The number of furan rings is 1. The van der Waals surface area contributed by atoms with Gasteiger partial charge in [0.25, 0.3) is 5.91 Å². The number of carbonyl (C=O) groups is 2. The lowest BCUT2D eigenvalue weighted by molar-refractivity contribution is -0.122. The number of benzene rings is 1. The summed E-state index contributed by atoms with van der Waals surface area (Å²) in [6.07, 6.45) is 1.75. The molecule has 0 bridgehead atoms. The van der Waals surface area contributed by atoms with Crippen LogP contribution in [0.2, 0.25) is 5.22 Å². The molecule has 0 aliphatic carbocycles. The number of fused-ring (bicyclic) bond motifs is 1. The first-order valence-electron chi connectivity index (χ1n) is 6.48. The number of carbonyl (C=O) groups excluding carboxylic acids is 2. The number of amides is 2. The number of nitrogens with zero attached hydrogens (tertiary/aromatic N) is 1. The van der Waals surface area contributed by atoms with Crippen LogP contribution >= 0.6 is 11.6 Å². The lowest BCUT2D eigenvalue weighted by atomic mass is 9.93. The Morgan fingerprint density at radius 3 is 2.57 bits per heavy atom. The highest BCUT2D eigenvalue weighted by Crippen LogP contribution is 2.27. The highest BCUT2D eigenvalue weighted by atomic mass is 35.5. The van der Waals surface area contributed by atoms with E-state index in [2.05, 4.69) is 0 Å². The molecule has 21 heavy (non-hydrogen) atoms. The molecule has 0 spiro atoms. The number of hydrogen-bond donors (Lipinski definition) is 1. The lowest BCUT2D eigenvalue weighted by Gasteiger charge is -2.34. The minimum atomic E-state index is -0.682. The maximum absolute atomic E-state index is 12.6. The van der Waals surface area contributed by atoms with Gasteiger partial charge in [0.2, 0.25) is 11.1 Å². The molecule has 3 rings (SSSR count). The van der Waals surface area contributed by atoms with Crippen LogP contribution in [0, 0.1) is 0 Å². The normalized spacial score (nSPS) is 17.4. The van der Waals surface area contributed by atoms with Crippen molar-refractivity contribution in [3.63, 3.8) is 0 Å². The van der Waals surface area contributed by atoms with Gasteiger partial charge in [0.15, 0.2) is 0 Å². The van der Waals surface area contributed by atoms with E-state index < -0.39 is 11.9 Å². The molecule has 5 nitrogen and oxygen atoms in total. The zero-order valence-corrected chi connectivity index (χ0v) is 11.8. The van der Waals surface area contributed by atoms with Crippen molar-refractivity contribution in [1.82, 2.24) is 4.90 Å². The molecule has 0 saturated carbocycles. The molecular weight excluding hydrogens is 292 g/mol. The summed E-state index contributed by atoms with van der Waals surface area (Å²) in [5.41, 5.74) is 7.73. The van der Waals surface area contributed by atoms with Gasteiger partial charge in [0.05, 0.1) is 11.8 Å². The predicted octanol–water partition coefficient (Wildman–Crippen LogP) is 1.99. The SMILES string of the molecule is NC(=O)[C@@H]1Cc2ccccc2CN1C(=O)c1ccoc1Cl. The van der Waals surface area contributed by atoms with Crippen LogP contribution in [0.15, 0.2) is 41.0 Å². The Bertz CT molecular complexity index is 710. The highest BCUT2D eigenvalue weighted by Gasteiger charge is 2.34. The third-order valence-electron chi connectivity index (χ3n) is 3.69. The van der Waals surface area contributed by atoms with Gasteiger partial charge >= 0.3 is 0 Å². The van der Waals surface area contributed by atoms with Crippen molar-refractivity contribution in [2.45, 2.75) is 19.0 Å². The topological polar surface area (TPSA) is 76.5 Å². The van der Waals surface area contributed by atoms with Crippen LogP contribution in [-0.4, -0.2) is 22.8 Å². The first kappa shape index (κ1) is 13.7. The summed E-state index contributed by atoms with van der Waals surface area (Å²) in [6.45, 7) is 0.324. The Hall–Kier alpha value is -2.27. The van der Waals surface area contributed by atoms with Crippen LogP contribution in [0.1, 0.15) is 21.5 Å². The Morgan fingerprint density at radius 1 is 1.24 bits per heavy atom. The monoisotopic (exact) mass is 304 g/mol. The van der Waals surface area contributed by atoms with Gasteiger partial charge in [0, 0.05) is 13.0 Å². The van der Waals surface area contributed by atoms with Gasteiger partial charge in [-0.15, -0.1) is 0 Å². The van der Waals surface area contributed by atoms with Gasteiger partial charge in [-0.2, -0.15) is 0 Å². The second kappa shape index (κ2) is 5.26. The van der Waals surface area contributed by atoms with Gasteiger partial charge in [-0.3, -0.25) is 9.59 Å². The average Bonchev–Trinajstić information content (AvgIpc) is 2.91. The second-order valence-electron chi connectivity index (χ2n) is 4.93. The Kier molecular flexibility index (Phi) is 3.43. The summed E-state index contributed by atoms with van der Waals surface area (Å²) < 4.78 is 4.94. The number of halogens is 1. The van der Waals surface area contributed by atoms with E-state index in [0.717, 1.165) is 11.1 Å². The summed E-state index contributed by atoms with van der Waals surface area (Å²) in [7, 11) is 0. The third kappa shape index (κ3) is 2.40. The van der Waals surface area contributed by atoms with Crippen LogP contribution < -0.4 is 5.73 Å². The van der Waals surface area contributed by atoms with E-state index >= 15 is 0 Å². The van der Waals surface area contributed by atoms with Gasteiger partial charge < -0.3 is 15.1 Å². The van der Waals surface area contributed by atoms with Crippen molar-refractivity contribution < 1.29 is 14.0 Å². The fraction of sp³-hybridized carbons (Fsp3) is 0.200. The Labute approximate surface area is 126 Å². The van der Waals surface area contributed by atoms with E-state index in [-0.39, 0.29) is 16.7 Å². The largest absolute Gasteiger partial charge is 0.452 e. The van der Waals surface area contributed by atoms with E-state index in [4.69, 9.17) is 21.8 Å². The minimum absolute atomic E-state index is 0.0158. The molecule has 2 heterocycles. The van der Waals surface area contributed by atoms with Crippen LogP contribution in [0.3, 0.4) is 0 Å². The van der Waals surface area contributed by atoms with Crippen molar-refractivity contribution in [2.75, 3.05) is 0 Å². The molecule has 6 heteroatoms. The molecule has 1 aromatic heterocycles. The zero-order valence-electron chi connectivity index (χ0n) is 11.1. The van der Waals surface area contributed by atoms with E-state index in [9.17, 15) is 9.59 Å². The van der Waals surface area contributed by atoms with E-state index in [1.54, 1.807) is 0 Å². The molecule has 1 atom stereocenters. The predicted molar refractivity (Wildman–Crippen MR) is 76.7 cm³/mol. The van der Waals surface area contributed by atoms with E-state index in [1.165, 1.54) is 17.2 Å². The highest BCUT2D eigenvalue weighted by molar-refractivity contribution is 6.32. The number of hydrogen-bond acceptors (Lipinski definition) is 3. The first-order chi connectivity index (χ1) is 10.1. The molecular formula is C15H13ClN2O3. The van der Waals surface area contributed by atoms with E-state index in [1.807, 2.05) is 24.3 Å². The molecule has 108 valence electrons. The molecule has 0 fully saturated rings. The summed E-state index contributed by atoms with van der Waals surface area (Å²) in [4.78, 5) is 25.7. The summed E-state index contributed by atoms with van der Waals surface area (Å²) in [5, 5.41) is 0.0158. The van der Waals surface area contributed by atoms with Crippen LogP contribution in [0.5, 0.6) is 0 Å². The van der Waals surface area contributed by atoms with Crippen LogP contribution in [-0.2, 0) is 17.8 Å². The summed E-state index contributed by atoms with van der Waals surface area (Å²) >= 11 is 5.85. The third-order valence-corrected chi connectivity index (χ3v) is 3.98. The van der Waals surface area contributed by atoms with Gasteiger partial charge in [0.1, 0.15) is 6.04 Å². The molecule has 0 unspecified atom stereocenters. The Balaban J connectivity index is 1.98. The zero-order chi connectivity index (χ0) is 15.0. The molecule has 1 aliphatic heterocycles. The standard InChI is InChI=1S/C15H13ClN2O3/c16-13-11(5-6-21-13)15(20)18-8-10-4-2-1-3-9(10)7-12(18)14(17)19/h1-6,12H,7-8H2,(H2,17,19)/t12-/m0/s1. The van der Waals surface area contributed by atoms with Gasteiger partial charge in [-0.1, -0.05) is 24.3 Å². The number of rotatable bonds is 2. The molecule has 2 N–H and O–H groups in total. The molecule has 1 aliphatic rings. The second-order valence-corrected chi connectivity index (χ2v) is 5.28. The fourth-order valence-electron chi connectivity index (χ4n) is 2.59. The fourth-order valence-corrected chi connectivity index (χ4v) is 2.79. The maximum atomic E-state index is 12.6. The molecule has 0 radical (unpaired) electrons. The quantitative estimate of drug-likeness (QED) is 0.921. The summed E-state index contributed by atoms with van der Waals surface area (Å²) in [6, 6.07) is 8.49. The molecule has 2 aromatic rings. The van der Waals surface area contributed by atoms with Gasteiger partial charge in [-0.25, -0.2) is 0 Å². The van der Waals surface area contributed by atoms with Crippen molar-refractivity contribution in [1.29, 1.82) is 0 Å². The molecule has 0 saturated heterocycles. The molecule has 2 amide bonds. The van der Waals surface area contributed by atoms with Crippen molar-refractivity contribution in [2.24, 2.45) is 5.73 Å². The molecule has 1 aromatic carbocycles. The number of nitrogens with two attached hydrogens (primary N) is 1. The van der Waals surface area contributed by atoms with E-state index in [0.29, 0.717) is 13.0 Å². The summed E-state index contributed by atoms with van der Waals surface area (Å²) in [5.74, 6) is -0.885. The smallest absolute Gasteiger partial charge is 0.259 e. The van der Waals surface area contributed by atoms with Crippen molar-refractivity contribution in [3.8, 4) is 0 Å². The maximum Gasteiger partial charge on any atom is 0.259 e. The van der Waals surface area contributed by atoms with Crippen molar-refractivity contribution >= 4 is 23.4 Å². The Morgan fingerprint density at radius 2 is 1.95 bits per heavy atom. The lowest BCUT2D eigenvalue weighted by Crippen LogP contribution is -2.51. The first-order valence-corrected chi connectivity index (χ1v) is 6.86.